The van der Waals surface area contributed by atoms with Crippen molar-refractivity contribution in [3.05, 3.63) is 63.3 Å². The number of nitrogens with one attached hydrogen (secondary N) is 2. The molecule has 1 fully saturated rings. The Morgan fingerprint density at radius 2 is 1.98 bits per heavy atom. The standard InChI is InChI=1S/C30H33N7O5S2/c1-17-5-23(10-31-17)44(39,40)16-22-6-21(9-32-30(22)41-4)20-7-25(24-11-33-36-26(24)8-20)35-29(38)27-15-43-28(34-27)14-37-12-18(2)42-19(3)13-37/h6-11,15,18-19H,5,12-14,16H2,1-4H3,(H,33,36)(H,35,38)/t18-,19+. The lowest BCUT2D eigenvalue weighted by Crippen LogP contribution is -2.44. The number of allylic oxidation sites excluding steroid dienone is 1. The van der Waals surface area contributed by atoms with Crippen LogP contribution in [0.25, 0.3) is 22.0 Å². The van der Waals surface area contributed by atoms with Gasteiger partial charge >= 0.3 is 0 Å². The smallest absolute Gasteiger partial charge is 0.275 e. The Morgan fingerprint density at radius 1 is 1.18 bits per heavy atom. The minimum Gasteiger partial charge on any atom is -0.481 e. The number of hydrogen-bond acceptors (Lipinski definition) is 11. The van der Waals surface area contributed by atoms with Gasteiger partial charge in [0.2, 0.25) is 5.88 Å². The second kappa shape index (κ2) is 12.2. The summed E-state index contributed by atoms with van der Waals surface area (Å²) in [5.41, 5.74) is 4.10. The molecule has 44 heavy (non-hydrogen) atoms. The first kappa shape index (κ1) is 30.1. The third kappa shape index (κ3) is 6.43. The summed E-state index contributed by atoms with van der Waals surface area (Å²) in [6.45, 7) is 8.20. The number of morpholine rings is 1. The van der Waals surface area contributed by atoms with Crippen LogP contribution in [0, 0.1) is 0 Å². The van der Waals surface area contributed by atoms with Crippen molar-refractivity contribution in [3.8, 4) is 17.0 Å². The molecule has 2 N–H and O–H groups in total. The van der Waals surface area contributed by atoms with Gasteiger partial charge in [-0.25, -0.2) is 18.4 Å². The summed E-state index contributed by atoms with van der Waals surface area (Å²) in [7, 11) is -2.18. The number of benzene rings is 1. The van der Waals surface area contributed by atoms with E-state index in [9.17, 15) is 13.2 Å². The zero-order valence-corrected chi connectivity index (χ0v) is 26.5. The molecule has 0 bridgehead atoms. The molecule has 0 unspecified atom stereocenters. The van der Waals surface area contributed by atoms with Crippen molar-refractivity contribution in [1.29, 1.82) is 0 Å². The fourth-order valence-corrected chi connectivity index (χ4v) is 7.82. The summed E-state index contributed by atoms with van der Waals surface area (Å²) >= 11 is 1.46. The third-order valence-corrected chi connectivity index (χ3v) is 10.1. The molecular formula is C30H33N7O5S2. The molecule has 0 aliphatic carbocycles. The van der Waals surface area contributed by atoms with Gasteiger partial charge in [0, 0.05) is 59.5 Å². The van der Waals surface area contributed by atoms with E-state index in [0.29, 0.717) is 46.6 Å². The lowest BCUT2D eigenvalue weighted by molar-refractivity contribution is -0.0705. The number of H-pyrrole nitrogens is 1. The summed E-state index contributed by atoms with van der Waals surface area (Å²) in [6, 6.07) is 5.44. The molecule has 5 heterocycles. The maximum atomic E-state index is 13.3. The van der Waals surface area contributed by atoms with E-state index in [0.717, 1.165) is 29.2 Å². The van der Waals surface area contributed by atoms with Crippen molar-refractivity contribution >= 4 is 49.4 Å². The van der Waals surface area contributed by atoms with Crippen LogP contribution >= 0.6 is 11.3 Å². The van der Waals surface area contributed by atoms with Gasteiger partial charge in [0.25, 0.3) is 5.91 Å². The first-order valence-corrected chi connectivity index (χ1v) is 16.7. The lowest BCUT2D eigenvalue weighted by Gasteiger charge is -2.34. The lowest BCUT2D eigenvalue weighted by atomic mass is 10.0. The molecule has 12 nitrogen and oxygen atoms in total. The number of nitrogens with zero attached hydrogens (tertiary/aromatic N) is 5. The predicted octanol–water partition coefficient (Wildman–Crippen LogP) is 4.57. The van der Waals surface area contributed by atoms with Gasteiger partial charge in [0.05, 0.1) is 53.9 Å². The van der Waals surface area contributed by atoms with E-state index in [4.69, 9.17) is 9.47 Å². The number of fused-ring (bicyclic) bond motifs is 1. The monoisotopic (exact) mass is 635 g/mol. The number of carbonyl (C=O) groups excluding carboxylic acids is 1. The number of sulfone groups is 1. The topological polar surface area (TPSA) is 152 Å². The van der Waals surface area contributed by atoms with Crippen molar-refractivity contribution in [1.82, 2.24) is 25.1 Å². The summed E-state index contributed by atoms with van der Waals surface area (Å²) in [4.78, 5) is 29.0. The molecule has 14 heteroatoms. The molecule has 1 amide bonds. The highest BCUT2D eigenvalue weighted by Crippen LogP contribution is 2.33. The summed E-state index contributed by atoms with van der Waals surface area (Å²) < 4.78 is 37.5. The first-order chi connectivity index (χ1) is 21.1. The fourth-order valence-electron chi connectivity index (χ4n) is 5.56. The van der Waals surface area contributed by atoms with Crippen molar-refractivity contribution < 1.29 is 22.7 Å². The van der Waals surface area contributed by atoms with Crippen molar-refractivity contribution in [2.45, 2.75) is 51.7 Å². The van der Waals surface area contributed by atoms with Gasteiger partial charge in [-0.15, -0.1) is 11.3 Å². The predicted molar refractivity (Wildman–Crippen MR) is 170 cm³/mol. The van der Waals surface area contributed by atoms with Gasteiger partial charge in [-0.05, 0) is 44.5 Å². The van der Waals surface area contributed by atoms with Gasteiger partial charge in [-0.2, -0.15) is 5.10 Å². The number of ether oxygens (including phenoxy) is 2. The summed E-state index contributed by atoms with van der Waals surface area (Å²) in [5.74, 6) is -0.390. The number of rotatable bonds is 9. The van der Waals surface area contributed by atoms with E-state index < -0.39 is 9.84 Å². The maximum Gasteiger partial charge on any atom is 0.275 e. The highest BCUT2D eigenvalue weighted by molar-refractivity contribution is 7.94. The zero-order valence-electron chi connectivity index (χ0n) is 24.8. The molecule has 0 radical (unpaired) electrons. The Hall–Kier alpha value is -3.98. The van der Waals surface area contributed by atoms with Crippen LogP contribution < -0.4 is 10.1 Å². The third-order valence-electron chi connectivity index (χ3n) is 7.50. The van der Waals surface area contributed by atoms with Crippen molar-refractivity contribution in [2.24, 2.45) is 4.99 Å². The van der Waals surface area contributed by atoms with Crippen LogP contribution in [0.5, 0.6) is 5.88 Å². The zero-order chi connectivity index (χ0) is 31.0. The Bertz CT molecular complexity index is 1890. The van der Waals surface area contributed by atoms with Gasteiger partial charge in [-0.1, -0.05) is 0 Å². The van der Waals surface area contributed by atoms with Crippen LogP contribution in [0.4, 0.5) is 5.69 Å². The Balaban J connectivity index is 1.24. The van der Waals surface area contributed by atoms with Gasteiger partial charge < -0.3 is 14.8 Å². The Morgan fingerprint density at radius 3 is 2.70 bits per heavy atom. The van der Waals surface area contributed by atoms with Crippen molar-refractivity contribution in [2.75, 3.05) is 25.5 Å². The molecule has 2 aliphatic rings. The number of hydrogen-bond donors (Lipinski definition) is 2. The van der Waals surface area contributed by atoms with Crippen molar-refractivity contribution in [3.63, 3.8) is 0 Å². The number of anilines is 1. The van der Waals surface area contributed by atoms with Crippen LogP contribution in [0.2, 0.25) is 0 Å². The Labute approximate surface area is 259 Å². The molecule has 1 aromatic carbocycles. The van der Waals surface area contributed by atoms with E-state index in [1.54, 1.807) is 30.8 Å². The van der Waals surface area contributed by atoms with E-state index >= 15 is 0 Å². The molecule has 3 aromatic heterocycles. The molecule has 6 rings (SSSR count). The number of thiazole rings is 1. The minimum atomic E-state index is -3.63. The number of amides is 1. The molecule has 1 saturated heterocycles. The molecule has 2 aliphatic heterocycles. The second-order valence-electron chi connectivity index (χ2n) is 11.2. The molecule has 4 aromatic rings. The molecule has 0 saturated carbocycles. The normalized spacial score (nSPS) is 19.2. The average molecular weight is 636 g/mol. The highest BCUT2D eigenvalue weighted by atomic mass is 32.2. The van der Waals surface area contributed by atoms with E-state index in [1.807, 2.05) is 12.1 Å². The Kier molecular flexibility index (Phi) is 8.33. The molecule has 0 spiro atoms. The van der Waals surface area contributed by atoms with Gasteiger partial charge in [0.1, 0.15) is 10.7 Å². The molecule has 230 valence electrons. The second-order valence-corrected chi connectivity index (χ2v) is 14.2. The maximum absolute atomic E-state index is 13.3. The van der Waals surface area contributed by atoms with Crippen LogP contribution in [-0.2, 0) is 26.9 Å². The number of pyridine rings is 1. The SMILES string of the molecule is COc1ncc(-c2cc(NC(=O)c3csc(CN4C[C@@H](C)O[C@@H](C)C4)n3)c3cn[nH]c3c2)cc1CS(=O)(=O)C1=CN=C(C)C1. The van der Waals surface area contributed by atoms with Gasteiger partial charge in [0.15, 0.2) is 9.84 Å². The summed E-state index contributed by atoms with van der Waals surface area (Å²) in [6.07, 6.45) is 5.26. The average Bonchev–Trinajstić information content (AvgIpc) is 3.74. The number of aromatic nitrogens is 4. The van der Waals surface area contributed by atoms with E-state index in [1.165, 1.54) is 24.6 Å². The minimum absolute atomic E-state index is 0.149. The molecule has 2 atom stereocenters. The first-order valence-electron chi connectivity index (χ1n) is 14.2. The van der Waals surface area contributed by atoms with Crippen LogP contribution in [0.3, 0.4) is 0 Å². The largest absolute Gasteiger partial charge is 0.481 e. The summed E-state index contributed by atoms with van der Waals surface area (Å²) in [5, 5.41) is 13.5. The van der Waals surface area contributed by atoms with E-state index in [-0.39, 0.29) is 34.7 Å². The number of aliphatic imine (C=N–C) groups is 1. The van der Waals surface area contributed by atoms with Crippen LogP contribution in [0.1, 0.15) is 48.3 Å². The van der Waals surface area contributed by atoms with E-state index in [2.05, 4.69) is 49.2 Å². The number of methoxy groups -OCH3 is 1. The fraction of sp³-hybridized carbons (Fsp3) is 0.367. The van der Waals surface area contributed by atoms with Crippen LogP contribution in [0.15, 0.2) is 52.1 Å². The van der Waals surface area contributed by atoms with Crippen LogP contribution in [-0.4, -0.2) is 77.5 Å². The number of aromatic amines is 1. The highest BCUT2D eigenvalue weighted by Gasteiger charge is 2.26. The quantitative estimate of drug-likeness (QED) is 0.269. The number of carbonyl (C=O) groups is 1. The molecular weight excluding hydrogens is 603 g/mol. The van der Waals surface area contributed by atoms with Gasteiger partial charge in [-0.3, -0.25) is 19.8 Å².